The van der Waals surface area contributed by atoms with Gasteiger partial charge < -0.3 is 14.5 Å². The first-order valence-corrected chi connectivity index (χ1v) is 6.31. The molecule has 1 fully saturated rings. The van der Waals surface area contributed by atoms with Crippen LogP contribution in [0, 0.1) is 0 Å². The van der Waals surface area contributed by atoms with Gasteiger partial charge in [0, 0.05) is 31.2 Å². The van der Waals surface area contributed by atoms with Crippen molar-refractivity contribution in [2.24, 2.45) is 0 Å². The van der Waals surface area contributed by atoms with Gasteiger partial charge in [0.05, 0.1) is 12.7 Å². The van der Waals surface area contributed by atoms with Crippen LogP contribution < -0.4 is 4.74 Å². The Balaban J connectivity index is 2.18. The van der Waals surface area contributed by atoms with Gasteiger partial charge in [0.25, 0.3) is 5.91 Å². The van der Waals surface area contributed by atoms with Crippen LogP contribution in [-0.2, 0) is 0 Å². The van der Waals surface area contributed by atoms with Gasteiger partial charge in [-0.15, -0.1) is 0 Å². The molecule has 1 aliphatic heterocycles. The van der Waals surface area contributed by atoms with Gasteiger partial charge in [-0.05, 0) is 25.2 Å². The van der Waals surface area contributed by atoms with Crippen LogP contribution in [0.5, 0.6) is 5.75 Å². The topological polar surface area (TPSA) is 32.8 Å². The number of halogens is 1. The lowest BCUT2D eigenvalue weighted by Gasteiger charge is -2.32. The van der Waals surface area contributed by atoms with Gasteiger partial charge >= 0.3 is 0 Å². The van der Waals surface area contributed by atoms with Crippen molar-refractivity contribution in [1.82, 2.24) is 9.80 Å². The maximum atomic E-state index is 12.4. The Bertz CT molecular complexity index is 443. The highest BCUT2D eigenvalue weighted by atomic mass is 35.5. The molecule has 0 aliphatic carbocycles. The molecule has 1 amide bonds. The molecule has 98 valence electrons. The van der Waals surface area contributed by atoms with E-state index in [4.69, 9.17) is 16.3 Å². The van der Waals surface area contributed by atoms with E-state index in [1.54, 1.807) is 25.3 Å². The largest absolute Gasteiger partial charge is 0.496 e. The second-order valence-electron chi connectivity index (χ2n) is 4.44. The number of hydrogen-bond donors (Lipinski definition) is 0. The van der Waals surface area contributed by atoms with Crippen LogP contribution in [0.2, 0.25) is 5.02 Å². The lowest BCUT2D eigenvalue weighted by molar-refractivity contribution is 0.0661. The average Bonchev–Trinajstić information content (AvgIpc) is 2.38. The first-order valence-electron chi connectivity index (χ1n) is 5.93. The second kappa shape index (κ2) is 5.59. The Morgan fingerprint density at radius 2 is 1.94 bits per heavy atom. The number of likely N-dealkylation sites (N-methyl/N-ethyl adjacent to an activating group) is 1. The molecule has 1 saturated heterocycles. The van der Waals surface area contributed by atoms with E-state index in [1.165, 1.54) is 0 Å². The molecule has 1 aromatic rings. The summed E-state index contributed by atoms with van der Waals surface area (Å²) in [6.07, 6.45) is 0. The fourth-order valence-corrected chi connectivity index (χ4v) is 2.18. The molecule has 0 saturated carbocycles. The van der Waals surface area contributed by atoms with Crippen LogP contribution in [-0.4, -0.2) is 56.0 Å². The van der Waals surface area contributed by atoms with Crippen molar-refractivity contribution in [1.29, 1.82) is 0 Å². The summed E-state index contributed by atoms with van der Waals surface area (Å²) in [6, 6.07) is 5.11. The molecule has 0 spiro atoms. The molecule has 2 rings (SSSR count). The van der Waals surface area contributed by atoms with Gasteiger partial charge in [-0.3, -0.25) is 4.79 Å². The van der Waals surface area contributed by atoms with E-state index in [2.05, 4.69) is 11.9 Å². The highest BCUT2D eigenvalue weighted by Crippen LogP contribution is 2.24. The van der Waals surface area contributed by atoms with Crippen LogP contribution in [0.15, 0.2) is 18.2 Å². The molecule has 0 N–H and O–H groups in total. The Kier molecular flexibility index (Phi) is 4.09. The highest BCUT2D eigenvalue weighted by Gasteiger charge is 2.22. The minimum atomic E-state index is 0.0108. The van der Waals surface area contributed by atoms with Crippen molar-refractivity contribution in [2.45, 2.75) is 0 Å². The number of hydrogen-bond acceptors (Lipinski definition) is 3. The number of amides is 1. The molecule has 0 aromatic heterocycles. The van der Waals surface area contributed by atoms with Crippen molar-refractivity contribution in [3.05, 3.63) is 28.8 Å². The highest BCUT2D eigenvalue weighted by molar-refractivity contribution is 6.30. The Labute approximate surface area is 112 Å². The number of carbonyl (C=O) groups is 1. The fourth-order valence-electron chi connectivity index (χ4n) is 2.02. The zero-order valence-electron chi connectivity index (χ0n) is 10.6. The van der Waals surface area contributed by atoms with Gasteiger partial charge in [0.2, 0.25) is 0 Å². The minimum Gasteiger partial charge on any atom is -0.496 e. The zero-order valence-corrected chi connectivity index (χ0v) is 11.4. The predicted octanol–water partition coefficient (Wildman–Crippen LogP) is 1.74. The summed E-state index contributed by atoms with van der Waals surface area (Å²) in [6.45, 7) is 3.31. The molecular formula is C13H17ClN2O2. The van der Waals surface area contributed by atoms with Crippen LogP contribution >= 0.6 is 11.6 Å². The Morgan fingerprint density at radius 3 is 2.56 bits per heavy atom. The average molecular weight is 269 g/mol. The maximum Gasteiger partial charge on any atom is 0.257 e. The number of nitrogens with zero attached hydrogens (tertiary/aromatic N) is 2. The first kappa shape index (κ1) is 13.2. The van der Waals surface area contributed by atoms with Crippen LogP contribution in [0.1, 0.15) is 10.4 Å². The van der Waals surface area contributed by atoms with Crippen molar-refractivity contribution in [3.63, 3.8) is 0 Å². The van der Waals surface area contributed by atoms with Gasteiger partial charge in [0.1, 0.15) is 5.75 Å². The third-order valence-electron chi connectivity index (χ3n) is 3.18. The molecule has 0 bridgehead atoms. The molecule has 1 heterocycles. The van der Waals surface area contributed by atoms with E-state index < -0.39 is 0 Å². The molecule has 0 unspecified atom stereocenters. The molecule has 0 atom stereocenters. The SMILES string of the molecule is COc1cc(Cl)ccc1C(=O)N1CCN(C)CC1. The smallest absolute Gasteiger partial charge is 0.257 e. The van der Waals surface area contributed by atoms with E-state index in [0.29, 0.717) is 16.3 Å². The van der Waals surface area contributed by atoms with E-state index >= 15 is 0 Å². The molecule has 4 nitrogen and oxygen atoms in total. The third-order valence-corrected chi connectivity index (χ3v) is 3.42. The van der Waals surface area contributed by atoms with Crippen molar-refractivity contribution in [2.75, 3.05) is 40.3 Å². The summed E-state index contributed by atoms with van der Waals surface area (Å²) in [5.74, 6) is 0.544. The van der Waals surface area contributed by atoms with Gasteiger partial charge in [-0.2, -0.15) is 0 Å². The maximum absolute atomic E-state index is 12.4. The van der Waals surface area contributed by atoms with E-state index in [9.17, 15) is 4.79 Å². The van der Waals surface area contributed by atoms with E-state index in [0.717, 1.165) is 26.2 Å². The number of piperazine rings is 1. The number of benzene rings is 1. The van der Waals surface area contributed by atoms with Gasteiger partial charge in [-0.25, -0.2) is 0 Å². The molecule has 5 heteroatoms. The quantitative estimate of drug-likeness (QED) is 0.819. The van der Waals surface area contributed by atoms with Crippen LogP contribution in [0.4, 0.5) is 0 Å². The minimum absolute atomic E-state index is 0.0108. The van der Waals surface area contributed by atoms with E-state index in [1.807, 2.05) is 4.90 Å². The lowest BCUT2D eigenvalue weighted by atomic mass is 10.1. The molecule has 1 aromatic carbocycles. The Morgan fingerprint density at radius 1 is 1.28 bits per heavy atom. The normalized spacial score (nSPS) is 16.7. The van der Waals surface area contributed by atoms with Crippen molar-refractivity contribution >= 4 is 17.5 Å². The van der Waals surface area contributed by atoms with Crippen LogP contribution in [0.3, 0.4) is 0 Å². The standard InChI is InChI=1S/C13H17ClN2O2/c1-15-5-7-16(8-6-15)13(17)11-4-3-10(14)9-12(11)18-2/h3-4,9H,5-8H2,1-2H3. The summed E-state index contributed by atoms with van der Waals surface area (Å²) < 4.78 is 5.22. The fraction of sp³-hybridized carbons (Fsp3) is 0.462. The van der Waals surface area contributed by atoms with Gasteiger partial charge in [0.15, 0.2) is 0 Å². The molecular weight excluding hydrogens is 252 g/mol. The second-order valence-corrected chi connectivity index (χ2v) is 4.88. The summed E-state index contributed by atoms with van der Waals surface area (Å²) in [7, 11) is 3.61. The number of methoxy groups -OCH3 is 1. The number of rotatable bonds is 2. The molecule has 1 aliphatic rings. The zero-order chi connectivity index (χ0) is 13.1. The monoisotopic (exact) mass is 268 g/mol. The van der Waals surface area contributed by atoms with Crippen LogP contribution in [0.25, 0.3) is 0 Å². The van der Waals surface area contributed by atoms with Crippen molar-refractivity contribution < 1.29 is 9.53 Å². The van der Waals surface area contributed by atoms with Crippen molar-refractivity contribution in [3.8, 4) is 5.75 Å². The molecule has 18 heavy (non-hydrogen) atoms. The Hall–Kier alpha value is -1.26. The predicted molar refractivity (Wildman–Crippen MR) is 71.4 cm³/mol. The third kappa shape index (κ3) is 2.76. The summed E-state index contributed by atoms with van der Waals surface area (Å²) in [4.78, 5) is 16.4. The lowest BCUT2D eigenvalue weighted by Crippen LogP contribution is -2.47. The van der Waals surface area contributed by atoms with Gasteiger partial charge in [-0.1, -0.05) is 11.6 Å². The summed E-state index contributed by atoms with van der Waals surface area (Å²) in [5, 5.41) is 0.571. The number of carbonyl (C=O) groups excluding carboxylic acids is 1. The molecule has 0 radical (unpaired) electrons. The summed E-state index contributed by atoms with van der Waals surface area (Å²) in [5.41, 5.74) is 0.575. The first-order chi connectivity index (χ1) is 8.61. The van der Waals surface area contributed by atoms with E-state index in [-0.39, 0.29) is 5.91 Å². The number of ether oxygens (including phenoxy) is 1. The summed E-state index contributed by atoms with van der Waals surface area (Å²) >= 11 is 5.89.